The van der Waals surface area contributed by atoms with E-state index in [1.807, 2.05) is 0 Å². The van der Waals surface area contributed by atoms with Crippen molar-refractivity contribution in [3.8, 4) is 5.75 Å². The lowest BCUT2D eigenvalue weighted by Gasteiger charge is -2.09. The number of carbonyl (C=O) groups is 2. The summed E-state index contributed by atoms with van der Waals surface area (Å²) in [5.74, 6) is -0.898. The molecule has 1 rings (SSSR count). The van der Waals surface area contributed by atoms with Crippen molar-refractivity contribution in [2.24, 2.45) is 0 Å². The van der Waals surface area contributed by atoms with Gasteiger partial charge in [0, 0.05) is 11.8 Å². The molecule has 0 fully saturated rings. The van der Waals surface area contributed by atoms with Gasteiger partial charge >= 0.3 is 12.1 Å². The summed E-state index contributed by atoms with van der Waals surface area (Å²) in [7, 11) is 1.23. The second kappa shape index (κ2) is 10.5. The first-order valence-corrected chi connectivity index (χ1v) is 7.93. The van der Waals surface area contributed by atoms with Gasteiger partial charge in [0.25, 0.3) is 0 Å². The minimum atomic E-state index is -0.639. The number of rotatable bonds is 9. The van der Waals surface area contributed by atoms with Crippen LogP contribution in [0.4, 0.5) is 10.5 Å². The minimum absolute atomic E-state index is 0.0403. The minimum Gasteiger partial charge on any atom is -0.507 e. The van der Waals surface area contributed by atoms with Gasteiger partial charge in [0.05, 0.1) is 13.7 Å². The molecule has 1 aromatic rings. The molecule has 0 bridgehead atoms. The van der Waals surface area contributed by atoms with Crippen molar-refractivity contribution < 1.29 is 24.2 Å². The van der Waals surface area contributed by atoms with Gasteiger partial charge in [-0.15, -0.1) is 0 Å². The Balaban J connectivity index is 2.32. The van der Waals surface area contributed by atoms with Gasteiger partial charge in [0.1, 0.15) is 11.3 Å². The van der Waals surface area contributed by atoms with Crippen LogP contribution < -0.4 is 5.32 Å². The van der Waals surface area contributed by atoms with Crippen LogP contribution in [0.5, 0.6) is 5.75 Å². The number of nitrogens with one attached hydrogen (secondary N) is 1. The topological polar surface area (TPSA) is 84.9 Å². The molecule has 0 atom stereocenters. The maximum Gasteiger partial charge on any atom is 0.411 e. The van der Waals surface area contributed by atoms with Gasteiger partial charge < -0.3 is 14.6 Å². The van der Waals surface area contributed by atoms with E-state index in [1.165, 1.54) is 44.6 Å². The monoisotopic (exact) mass is 323 g/mol. The summed E-state index contributed by atoms with van der Waals surface area (Å²) in [5.41, 5.74) is 0.390. The van der Waals surface area contributed by atoms with Crippen LogP contribution in [0.2, 0.25) is 0 Å². The number of ether oxygens (including phenoxy) is 2. The SMILES string of the molecule is CCCCCCCCOC(=O)Nc1ccc(C(=O)OC)c(O)c1. The Hall–Kier alpha value is -2.24. The van der Waals surface area contributed by atoms with E-state index in [2.05, 4.69) is 17.0 Å². The van der Waals surface area contributed by atoms with Gasteiger partial charge in [-0.05, 0) is 18.6 Å². The molecular weight excluding hydrogens is 298 g/mol. The van der Waals surface area contributed by atoms with Crippen molar-refractivity contribution in [3.05, 3.63) is 23.8 Å². The predicted octanol–water partition coefficient (Wildman–Crippen LogP) is 4.09. The molecule has 0 saturated heterocycles. The maximum absolute atomic E-state index is 11.6. The lowest BCUT2D eigenvalue weighted by Crippen LogP contribution is -2.14. The van der Waals surface area contributed by atoms with E-state index in [-0.39, 0.29) is 11.3 Å². The van der Waals surface area contributed by atoms with E-state index < -0.39 is 12.1 Å². The van der Waals surface area contributed by atoms with Gasteiger partial charge in [-0.25, -0.2) is 9.59 Å². The van der Waals surface area contributed by atoms with Crippen LogP contribution in [0.3, 0.4) is 0 Å². The predicted molar refractivity (Wildman–Crippen MR) is 87.8 cm³/mol. The highest BCUT2D eigenvalue weighted by Crippen LogP contribution is 2.22. The van der Waals surface area contributed by atoms with Gasteiger partial charge in [-0.2, -0.15) is 0 Å². The van der Waals surface area contributed by atoms with E-state index in [9.17, 15) is 14.7 Å². The van der Waals surface area contributed by atoms with E-state index in [4.69, 9.17) is 4.74 Å². The lowest BCUT2D eigenvalue weighted by atomic mass is 10.1. The summed E-state index contributed by atoms with van der Waals surface area (Å²) in [6, 6.07) is 4.15. The fourth-order valence-electron chi connectivity index (χ4n) is 2.09. The van der Waals surface area contributed by atoms with Gasteiger partial charge in [0.15, 0.2) is 0 Å². The number of amides is 1. The number of phenols is 1. The summed E-state index contributed by atoms with van der Waals surface area (Å²) in [6.45, 7) is 2.53. The van der Waals surface area contributed by atoms with Crippen LogP contribution in [0.25, 0.3) is 0 Å². The van der Waals surface area contributed by atoms with E-state index in [1.54, 1.807) is 0 Å². The molecule has 23 heavy (non-hydrogen) atoms. The number of unbranched alkanes of at least 4 members (excludes halogenated alkanes) is 5. The number of anilines is 1. The van der Waals surface area contributed by atoms with Crippen LogP contribution >= 0.6 is 0 Å². The fourth-order valence-corrected chi connectivity index (χ4v) is 2.09. The van der Waals surface area contributed by atoms with Crippen LogP contribution in [0.15, 0.2) is 18.2 Å². The molecule has 0 aliphatic rings. The third-order valence-electron chi connectivity index (χ3n) is 3.38. The molecule has 0 aromatic heterocycles. The zero-order chi connectivity index (χ0) is 17.1. The molecule has 1 amide bonds. The molecule has 0 saturated carbocycles. The first-order valence-electron chi connectivity index (χ1n) is 7.93. The van der Waals surface area contributed by atoms with Crippen molar-refractivity contribution in [3.63, 3.8) is 0 Å². The largest absolute Gasteiger partial charge is 0.507 e. The van der Waals surface area contributed by atoms with Crippen molar-refractivity contribution >= 4 is 17.7 Å². The molecule has 0 aliphatic heterocycles. The van der Waals surface area contributed by atoms with Crippen LogP contribution in [-0.4, -0.2) is 30.9 Å². The van der Waals surface area contributed by atoms with Crippen molar-refractivity contribution in [1.82, 2.24) is 0 Å². The maximum atomic E-state index is 11.6. The standard InChI is InChI=1S/C17H25NO5/c1-3-4-5-6-7-8-11-23-17(21)18-13-9-10-14(15(19)12-13)16(20)22-2/h9-10,12,19H,3-8,11H2,1-2H3,(H,18,21). The summed E-state index contributed by atoms with van der Waals surface area (Å²) in [4.78, 5) is 23.0. The first-order chi connectivity index (χ1) is 11.1. The third kappa shape index (κ3) is 7.04. The Labute approximate surface area is 136 Å². The first kappa shape index (κ1) is 18.8. The second-order valence-corrected chi connectivity index (χ2v) is 5.25. The Bertz CT molecular complexity index is 516. The third-order valence-corrected chi connectivity index (χ3v) is 3.38. The Morgan fingerprint density at radius 3 is 2.48 bits per heavy atom. The highest BCUT2D eigenvalue weighted by molar-refractivity contribution is 5.94. The molecule has 0 radical (unpaired) electrons. The highest BCUT2D eigenvalue weighted by atomic mass is 16.5. The average Bonchev–Trinajstić information content (AvgIpc) is 2.53. The molecule has 2 N–H and O–H groups in total. The van der Waals surface area contributed by atoms with E-state index in [0.29, 0.717) is 12.3 Å². The molecular formula is C17H25NO5. The number of methoxy groups -OCH3 is 1. The second-order valence-electron chi connectivity index (χ2n) is 5.25. The smallest absolute Gasteiger partial charge is 0.411 e. The normalized spacial score (nSPS) is 10.2. The quantitative estimate of drug-likeness (QED) is 0.528. The molecule has 1 aromatic carbocycles. The average molecular weight is 323 g/mol. The molecule has 128 valence electrons. The number of hydrogen-bond acceptors (Lipinski definition) is 5. The molecule has 6 nitrogen and oxygen atoms in total. The van der Waals surface area contributed by atoms with Gasteiger partial charge in [0.2, 0.25) is 0 Å². The van der Waals surface area contributed by atoms with E-state index in [0.717, 1.165) is 19.3 Å². The molecule has 0 heterocycles. The Morgan fingerprint density at radius 2 is 1.83 bits per heavy atom. The fraction of sp³-hybridized carbons (Fsp3) is 0.529. The van der Waals surface area contributed by atoms with E-state index >= 15 is 0 Å². The van der Waals surface area contributed by atoms with Crippen LogP contribution in [0.1, 0.15) is 55.8 Å². The number of benzene rings is 1. The zero-order valence-corrected chi connectivity index (χ0v) is 13.8. The number of carbonyl (C=O) groups excluding carboxylic acids is 2. The molecule has 6 heteroatoms. The summed E-state index contributed by atoms with van der Waals surface area (Å²) in [5, 5.41) is 12.2. The van der Waals surface area contributed by atoms with Gasteiger partial charge in [-0.1, -0.05) is 39.0 Å². The van der Waals surface area contributed by atoms with Crippen molar-refractivity contribution in [2.45, 2.75) is 45.4 Å². The van der Waals surface area contributed by atoms with Crippen molar-refractivity contribution in [2.75, 3.05) is 19.0 Å². The zero-order valence-electron chi connectivity index (χ0n) is 13.8. The van der Waals surface area contributed by atoms with Gasteiger partial charge in [-0.3, -0.25) is 5.32 Å². The number of aromatic hydroxyl groups is 1. The summed E-state index contributed by atoms with van der Waals surface area (Å²) >= 11 is 0. The number of phenolic OH excluding ortho intramolecular Hbond substituents is 1. The highest BCUT2D eigenvalue weighted by Gasteiger charge is 2.12. The molecule has 0 aliphatic carbocycles. The van der Waals surface area contributed by atoms with Crippen LogP contribution in [-0.2, 0) is 9.47 Å². The Morgan fingerprint density at radius 1 is 1.13 bits per heavy atom. The lowest BCUT2D eigenvalue weighted by molar-refractivity contribution is 0.0597. The number of esters is 1. The molecule has 0 unspecified atom stereocenters. The molecule has 0 spiro atoms. The Kier molecular flexibility index (Phi) is 8.57. The van der Waals surface area contributed by atoms with Crippen LogP contribution in [0, 0.1) is 0 Å². The number of hydrogen-bond donors (Lipinski definition) is 2. The van der Waals surface area contributed by atoms with Crippen molar-refractivity contribution in [1.29, 1.82) is 0 Å². The summed E-state index contributed by atoms with van der Waals surface area (Å²) < 4.78 is 9.60. The summed E-state index contributed by atoms with van der Waals surface area (Å²) in [6.07, 6.45) is 6.12.